The van der Waals surface area contributed by atoms with Gasteiger partial charge >= 0.3 is 5.97 Å². The van der Waals surface area contributed by atoms with Gasteiger partial charge in [-0.25, -0.2) is 9.18 Å². The molecular weight excluding hydrogens is 283 g/mol. The molecule has 1 atom stereocenters. The number of benzene rings is 1. The first kappa shape index (κ1) is 16.0. The fraction of sp³-hybridized carbons (Fsp3) is 0.308. The second kappa shape index (κ2) is 8.17. The lowest BCUT2D eigenvalue weighted by Crippen LogP contribution is -2.36. The number of thioether (sulfide) groups is 1. The van der Waals surface area contributed by atoms with Crippen LogP contribution in [0.1, 0.15) is 17.5 Å². The van der Waals surface area contributed by atoms with Crippen LogP contribution in [0.2, 0.25) is 0 Å². The van der Waals surface area contributed by atoms with Crippen molar-refractivity contribution in [2.75, 3.05) is 5.75 Å². The molecule has 0 spiro atoms. The van der Waals surface area contributed by atoms with Crippen LogP contribution >= 0.6 is 11.8 Å². The third kappa shape index (κ3) is 5.28. The summed E-state index contributed by atoms with van der Waals surface area (Å²) in [5.74, 6) is -0.586. The summed E-state index contributed by atoms with van der Waals surface area (Å²) in [6.45, 7) is 0. The van der Waals surface area contributed by atoms with Crippen LogP contribution in [0, 0.1) is 17.1 Å². The Morgan fingerprint density at radius 3 is 2.90 bits per heavy atom. The van der Waals surface area contributed by atoms with E-state index < -0.39 is 17.8 Å². The van der Waals surface area contributed by atoms with Gasteiger partial charge in [-0.1, -0.05) is 0 Å². The number of rotatable bonds is 8. The van der Waals surface area contributed by atoms with E-state index in [1.165, 1.54) is 17.8 Å². The maximum atomic E-state index is 13.2. The minimum absolute atomic E-state index is 0.256. The molecule has 1 aromatic carbocycles. The van der Waals surface area contributed by atoms with Crippen molar-refractivity contribution < 1.29 is 19.1 Å². The number of carbonyl (C=O) groups excluding carboxylic acids is 1. The normalized spacial score (nSPS) is 11.4. The highest BCUT2D eigenvalue weighted by Crippen LogP contribution is 2.16. The maximum Gasteiger partial charge on any atom is 0.326 e. The average Bonchev–Trinajstić information content (AvgIpc) is 2.41. The Balaban J connectivity index is 2.44. The van der Waals surface area contributed by atoms with Crippen LogP contribution in [0.25, 0.3) is 0 Å². The number of hydrogen-bond donors (Lipinski definition) is 2. The summed E-state index contributed by atoms with van der Waals surface area (Å²) in [4.78, 5) is 21.0. The minimum Gasteiger partial charge on any atom is -0.480 e. The predicted molar refractivity (Wildman–Crippen MR) is 72.5 cm³/mol. The molecule has 7 heteroatoms. The molecular formula is C13H13FN2O3S. The van der Waals surface area contributed by atoms with Crippen LogP contribution in [0.5, 0.6) is 0 Å². The number of hydrogen-bond acceptors (Lipinski definition) is 4. The molecule has 0 saturated heterocycles. The van der Waals surface area contributed by atoms with Gasteiger partial charge in [-0.2, -0.15) is 17.0 Å². The van der Waals surface area contributed by atoms with Crippen LogP contribution < -0.4 is 5.32 Å². The van der Waals surface area contributed by atoms with Crippen LogP contribution in [0.4, 0.5) is 4.39 Å². The lowest BCUT2D eigenvalue weighted by molar-refractivity contribution is -0.140. The van der Waals surface area contributed by atoms with Crippen molar-refractivity contribution in [2.45, 2.75) is 18.2 Å². The Morgan fingerprint density at radius 2 is 2.30 bits per heavy atom. The summed E-state index contributed by atoms with van der Waals surface area (Å²) in [6, 6.07) is 5.04. The molecule has 0 saturated carbocycles. The van der Waals surface area contributed by atoms with Crippen molar-refractivity contribution in [2.24, 2.45) is 0 Å². The molecule has 1 unspecified atom stereocenters. The molecule has 1 amide bonds. The highest BCUT2D eigenvalue weighted by molar-refractivity contribution is 7.98. The van der Waals surface area contributed by atoms with Crippen LogP contribution in [0.3, 0.4) is 0 Å². The first-order valence-electron chi connectivity index (χ1n) is 5.76. The largest absolute Gasteiger partial charge is 0.480 e. The number of nitrogens with zero attached hydrogens (tertiary/aromatic N) is 1. The van der Waals surface area contributed by atoms with Gasteiger partial charge in [-0.15, -0.1) is 0 Å². The van der Waals surface area contributed by atoms with Gasteiger partial charge in [0.25, 0.3) is 0 Å². The van der Waals surface area contributed by atoms with Gasteiger partial charge in [0.2, 0.25) is 6.41 Å². The van der Waals surface area contributed by atoms with Gasteiger partial charge in [0.05, 0.1) is 11.6 Å². The van der Waals surface area contributed by atoms with E-state index in [2.05, 4.69) is 5.32 Å². The first-order valence-corrected chi connectivity index (χ1v) is 6.92. The zero-order valence-electron chi connectivity index (χ0n) is 10.5. The molecule has 0 heterocycles. The van der Waals surface area contributed by atoms with Crippen molar-refractivity contribution in [3.63, 3.8) is 0 Å². The molecule has 0 radical (unpaired) electrons. The lowest BCUT2D eigenvalue weighted by Gasteiger charge is -2.10. The number of carboxylic acid groups (broad SMARTS) is 1. The monoisotopic (exact) mass is 296 g/mol. The third-order valence-corrected chi connectivity index (χ3v) is 3.54. The predicted octanol–water partition coefficient (Wildman–Crippen LogP) is 1.52. The molecule has 1 rings (SSSR count). The van der Waals surface area contributed by atoms with Crippen LogP contribution in [0.15, 0.2) is 18.2 Å². The summed E-state index contributed by atoms with van der Waals surface area (Å²) in [5, 5.41) is 19.7. The van der Waals surface area contributed by atoms with E-state index >= 15 is 0 Å². The Morgan fingerprint density at radius 1 is 1.55 bits per heavy atom. The van der Waals surface area contributed by atoms with Gasteiger partial charge in [-0.3, -0.25) is 4.79 Å². The van der Waals surface area contributed by atoms with E-state index in [4.69, 9.17) is 10.4 Å². The molecule has 0 aliphatic heterocycles. The molecule has 1 aromatic rings. The fourth-order valence-electron chi connectivity index (χ4n) is 1.55. The quantitative estimate of drug-likeness (QED) is 0.560. The summed E-state index contributed by atoms with van der Waals surface area (Å²) in [7, 11) is 0. The van der Waals surface area contributed by atoms with Gasteiger partial charge in [-0.05, 0) is 35.9 Å². The van der Waals surface area contributed by atoms with E-state index in [-0.39, 0.29) is 12.0 Å². The maximum absolute atomic E-state index is 13.2. The zero-order chi connectivity index (χ0) is 15.0. The standard InChI is InChI=1S/C13H13FN2O3S/c14-11-4-9(6-15)3-10(5-11)7-20-2-1-12(13(18)19)16-8-17/h3-5,8,12H,1-2,7H2,(H,16,17)(H,18,19). The number of nitriles is 1. The van der Waals surface area contributed by atoms with Gasteiger partial charge in [0.15, 0.2) is 0 Å². The van der Waals surface area contributed by atoms with Crippen molar-refractivity contribution in [1.29, 1.82) is 5.26 Å². The van der Waals surface area contributed by atoms with Crippen LogP contribution in [-0.2, 0) is 15.3 Å². The number of amides is 1. The molecule has 5 nitrogen and oxygen atoms in total. The van der Waals surface area contributed by atoms with E-state index in [0.29, 0.717) is 23.5 Å². The van der Waals surface area contributed by atoms with E-state index in [1.54, 1.807) is 6.07 Å². The van der Waals surface area contributed by atoms with E-state index in [9.17, 15) is 14.0 Å². The van der Waals surface area contributed by atoms with E-state index in [0.717, 1.165) is 6.07 Å². The molecule has 20 heavy (non-hydrogen) atoms. The van der Waals surface area contributed by atoms with Crippen LogP contribution in [-0.4, -0.2) is 29.3 Å². The van der Waals surface area contributed by atoms with Crippen molar-refractivity contribution >= 4 is 24.1 Å². The Labute approximate surface area is 119 Å². The summed E-state index contributed by atoms with van der Waals surface area (Å²) < 4.78 is 13.2. The van der Waals surface area contributed by atoms with Gasteiger partial charge < -0.3 is 10.4 Å². The number of halogens is 1. The molecule has 2 N–H and O–H groups in total. The second-order valence-corrected chi connectivity index (χ2v) is 5.08. The van der Waals surface area contributed by atoms with Crippen molar-refractivity contribution in [1.82, 2.24) is 5.32 Å². The van der Waals surface area contributed by atoms with Gasteiger partial charge in [0.1, 0.15) is 11.9 Å². The third-order valence-electron chi connectivity index (χ3n) is 2.47. The number of nitrogens with one attached hydrogen (secondary N) is 1. The highest BCUT2D eigenvalue weighted by atomic mass is 32.2. The fourth-order valence-corrected chi connectivity index (χ4v) is 2.50. The SMILES string of the molecule is N#Cc1cc(F)cc(CSCCC(NC=O)C(=O)O)c1. The Hall–Kier alpha value is -2.07. The topological polar surface area (TPSA) is 90.2 Å². The molecule has 0 fully saturated rings. The lowest BCUT2D eigenvalue weighted by atomic mass is 10.1. The van der Waals surface area contributed by atoms with Crippen molar-refractivity contribution in [3.05, 3.63) is 35.1 Å². The second-order valence-electron chi connectivity index (χ2n) is 3.98. The minimum atomic E-state index is -1.09. The molecule has 0 aliphatic rings. The molecule has 106 valence electrons. The van der Waals surface area contributed by atoms with Crippen molar-refractivity contribution in [3.8, 4) is 6.07 Å². The zero-order valence-corrected chi connectivity index (χ0v) is 11.3. The Kier molecular flexibility index (Phi) is 6.53. The van der Waals surface area contributed by atoms with E-state index in [1.807, 2.05) is 6.07 Å². The smallest absolute Gasteiger partial charge is 0.326 e. The first-order chi connectivity index (χ1) is 9.56. The van der Waals surface area contributed by atoms with Gasteiger partial charge in [0, 0.05) is 5.75 Å². The molecule has 0 aliphatic carbocycles. The molecule has 0 bridgehead atoms. The highest BCUT2D eigenvalue weighted by Gasteiger charge is 2.15. The number of carbonyl (C=O) groups is 2. The average molecular weight is 296 g/mol. The summed E-state index contributed by atoms with van der Waals surface area (Å²) in [5.41, 5.74) is 0.924. The summed E-state index contributed by atoms with van der Waals surface area (Å²) in [6.07, 6.45) is 0.633. The summed E-state index contributed by atoms with van der Waals surface area (Å²) >= 11 is 1.41. The number of carboxylic acids is 1. The number of aliphatic carboxylic acids is 1. The molecule has 0 aromatic heterocycles. The Bertz CT molecular complexity index is 531.